The molecule has 2 aromatic rings. The number of likely N-dealkylation sites (N-methyl/N-ethyl adjacent to an activating group) is 1. The van der Waals surface area contributed by atoms with Crippen molar-refractivity contribution in [1.82, 2.24) is 15.1 Å². The molecule has 1 aromatic carbocycles. The summed E-state index contributed by atoms with van der Waals surface area (Å²) in [6.07, 6.45) is 1.26. The number of hydrogen-bond donors (Lipinski definition) is 0. The van der Waals surface area contributed by atoms with Gasteiger partial charge >= 0.3 is 0 Å². The van der Waals surface area contributed by atoms with Gasteiger partial charge in [0, 0.05) is 30.7 Å². The molecule has 4 nitrogen and oxygen atoms in total. The summed E-state index contributed by atoms with van der Waals surface area (Å²) in [7, 11) is 2.21. The van der Waals surface area contributed by atoms with E-state index in [1.807, 2.05) is 18.2 Å². The molecule has 0 spiro atoms. The molecule has 2 atom stereocenters. The number of likely N-dealkylation sites (tertiary alicyclic amines) is 1. The minimum Gasteiger partial charge on any atom is -0.349 e. The van der Waals surface area contributed by atoms with Gasteiger partial charge in [0.05, 0.1) is 5.69 Å². The second-order valence-corrected chi connectivity index (χ2v) is 5.78. The Bertz CT molecular complexity index is 594. The van der Waals surface area contributed by atoms with Crippen LogP contribution in [-0.4, -0.2) is 47.3 Å². The summed E-state index contributed by atoms with van der Waals surface area (Å²) in [5.74, 6) is 1.02. The molecule has 0 aliphatic carbocycles. The van der Waals surface area contributed by atoms with Gasteiger partial charge in [-0.15, -0.1) is 10.2 Å². The third kappa shape index (κ3) is 1.88. The Kier molecular flexibility index (Phi) is 2.70. The molecule has 0 unspecified atom stereocenters. The Morgan fingerprint density at radius 3 is 2.40 bits per heavy atom. The van der Waals surface area contributed by atoms with Gasteiger partial charge < -0.3 is 4.90 Å². The van der Waals surface area contributed by atoms with Crippen molar-refractivity contribution in [3.8, 4) is 11.3 Å². The molecule has 0 N–H and O–H groups in total. The fourth-order valence-electron chi connectivity index (χ4n) is 3.39. The summed E-state index contributed by atoms with van der Waals surface area (Å²) < 4.78 is 0. The molecule has 20 heavy (non-hydrogen) atoms. The highest BCUT2D eigenvalue weighted by molar-refractivity contribution is 5.59. The second kappa shape index (κ2) is 4.56. The van der Waals surface area contributed by atoms with E-state index < -0.39 is 0 Å². The van der Waals surface area contributed by atoms with E-state index in [0.717, 1.165) is 30.2 Å². The van der Waals surface area contributed by atoms with Crippen LogP contribution in [0.3, 0.4) is 0 Å². The second-order valence-electron chi connectivity index (χ2n) is 5.78. The van der Waals surface area contributed by atoms with Crippen LogP contribution < -0.4 is 4.90 Å². The van der Waals surface area contributed by atoms with Gasteiger partial charge in [0.1, 0.15) is 0 Å². The Labute approximate surface area is 119 Å². The SMILES string of the molecule is CN1C[C@H]2C[C@@H]1CN2c1ccc(-c2ccccc2)nn1. The maximum Gasteiger partial charge on any atom is 0.151 e. The predicted octanol–water partition coefficient (Wildman–Crippen LogP) is 2.04. The van der Waals surface area contributed by atoms with Crippen LogP contribution >= 0.6 is 0 Å². The normalized spacial score (nSPS) is 25.4. The van der Waals surface area contributed by atoms with Crippen molar-refractivity contribution in [1.29, 1.82) is 0 Å². The van der Waals surface area contributed by atoms with E-state index in [2.05, 4.69) is 51.3 Å². The zero-order chi connectivity index (χ0) is 13.5. The summed E-state index contributed by atoms with van der Waals surface area (Å²) in [5.41, 5.74) is 2.06. The summed E-state index contributed by atoms with van der Waals surface area (Å²) in [6, 6.07) is 15.7. The average molecular weight is 266 g/mol. The van der Waals surface area contributed by atoms with E-state index in [0.29, 0.717) is 12.1 Å². The quantitative estimate of drug-likeness (QED) is 0.832. The summed E-state index contributed by atoms with van der Waals surface area (Å²) >= 11 is 0. The first-order valence-corrected chi connectivity index (χ1v) is 7.17. The highest BCUT2D eigenvalue weighted by Crippen LogP contribution is 2.32. The molecular formula is C16H18N4. The minimum absolute atomic E-state index is 0.613. The molecule has 4 rings (SSSR count). The third-order valence-corrected chi connectivity index (χ3v) is 4.53. The largest absolute Gasteiger partial charge is 0.349 e. The Morgan fingerprint density at radius 2 is 1.80 bits per heavy atom. The lowest BCUT2D eigenvalue weighted by Gasteiger charge is -2.32. The molecule has 4 heteroatoms. The minimum atomic E-state index is 0.613. The zero-order valence-corrected chi connectivity index (χ0v) is 11.6. The predicted molar refractivity (Wildman–Crippen MR) is 79.6 cm³/mol. The highest BCUT2D eigenvalue weighted by atomic mass is 15.4. The summed E-state index contributed by atoms with van der Waals surface area (Å²) in [5, 5.41) is 8.83. The highest BCUT2D eigenvalue weighted by Gasteiger charge is 2.41. The van der Waals surface area contributed by atoms with Crippen molar-refractivity contribution in [3.05, 3.63) is 42.5 Å². The van der Waals surface area contributed by atoms with Gasteiger partial charge in [0.2, 0.25) is 0 Å². The van der Waals surface area contributed by atoms with E-state index in [4.69, 9.17) is 0 Å². The molecule has 2 fully saturated rings. The topological polar surface area (TPSA) is 32.3 Å². The van der Waals surface area contributed by atoms with E-state index >= 15 is 0 Å². The van der Waals surface area contributed by atoms with Gasteiger partial charge in [-0.05, 0) is 25.6 Å². The molecule has 3 heterocycles. The molecule has 2 aliphatic rings. The van der Waals surface area contributed by atoms with Crippen LogP contribution in [0.25, 0.3) is 11.3 Å². The first-order chi connectivity index (χ1) is 9.81. The van der Waals surface area contributed by atoms with Crippen molar-refractivity contribution < 1.29 is 0 Å². The number of fused-ring (bicyclic) bond motifs is 2. The lowest BCUT2D eigenvalue weighted by molar-refractivity contribution is 0.292. The van der Waals surface area contributed by atoms with Crippen molar-refractivity contribution in [2.45, 2.75) is 18.5 Å². The fourth-order valence-corrected chi connectivity index (χ4v) is 3.39. The number of piperazine rings is 1. The number of benzene rings is 1. The van der Waals surface area contributed by atoms with Crippen molar-refractivity contribution in [2.75, 3.05) is 25.0 Å². The monoisotopic (exact) mass is 266 g/mol. The molecule has 2 bridgehead atoms. The van der Waals surface area contributed by atoms with Crippen molar-refractivity contribution >= 4 is 5.82 Å². The van der Waals surface area contributed by atoms with Crippen LogP contribution in [0.4, 0.5) is 5.82 Å². The van der Waals surface area contributed by atoms with Crippen LogP contribution in [0.15, 0.2) is 42.5 Å². The van der Waals surface area contributed by atoms with E-state index in [1.54, 1.807) is 0 Å². The molecule has 1 aromatic heterocycles. The molecule has 0 radical (unpaired) electrons. The molecular weight excluding hydrogens is 248 g/mol. The Morgan fingerprint density at radius 1 is 0.950 bits per heavy atom. The van der Waals surface area contributed by atoms with Gasteiger partial charge in [-0.2, -0.15) is 0 Å². The number of hydrogen-bond acceptors (Lipinski definition) is 4. The van der Waals surface area contributed by atoms with Crippen molar-refractivity contribution in [3.63, 3.8) is 0 Å². The van der Waals surface area contributed by atoms with E-state index in [1.165, 1.54) is 6.42 Å². The smallest absolute Gasteiger partial charge is 0.151 e. The fraction of sp³-hybridized carbons (Fsp3) is 0.375. The van der Waals surface area contributed by atoms with E-state index in [9.17, 15) is 0 Å². The van der Waals surface area contributed by atoms with Gasteiger partial charge in [-0.25, -0.2) is 0 Å². The van der Waals surface area contributed by atoms with Gasteiger partial charge in [0.15, 0.2) is 5.82 Å². The van der Waals surface area contributed by atoms with Crippen LogP contribution in [0, 0.1) is 0 Å². The maximum absolute atomic E-state index is 4.44. The number of aromatic nitrogens is 2. The van der Waals surface area contributed by atoms with Gasteiger partial charge in [0.25, 0.3) is 0 Å². The first-order valence-electron chi connectivity index (χ1n) is 7.17. The standard InChI is InChI=1S/C16H18N4/c1-19-10-14-9-13(19)11-20(14)16-8-7-15(17-18-16)12-5-3-2-4-6-12/h2-8,13-14H,9-11H2,1H3/t13-,14-/m1/s1. The van der Waals surface area contributed by atoms with E-state index in [-0.39, 0.29) is 0 Å². The van der Waals surface area contributed by atoms with Crippen molar-refractivity contribution in [2.24, 2.45) is 0 Å². The molecule has 0 saturated carbocycles. The van der Waals surface area contributed by atoms with Crippen LogP contribution in [0.1, 0.15) is 6.42 Å². The summed E-state index contributed by atoms with van der Waals surface area (Å²) in [6.45, 7) is 2.23. The first kappa shape index (κ1) is 11.9. The molecule has 0 amide bonds. The number of rotatable bonds is 2. The zero-order valence-electron chi connectivity index (χ0n) is 11.6. The number of nitrogens with zero attached hydrogens (tertiary/aromatic N) is 4. The molecule has 2 aliphatic heterocycles. The lowest BCUT2D eigenvalue weighted by atomic mass is 10.1. The Balaban J connectivity index is 1.57. The summed E-state index contributed by atoms with van der Waals surface area (Å²) in [4.78, 5) is 4.86. The van der Waals surface area contributed by atoms with Gasteiger partial charge in [-0.1, -0.05) is 30.3 Å². The van der Waals surface area contributed by atoms with Gasteiger partial charge in [-0.3, -0.25) is 4.90 Å². The Hall–Kier alpha value is -1.94. The van der Waals surface area contributed by atoms with Crippen LogP contribution in [0.5, 0.6) is 0 Å². The molecule has 102 valence electrons. The third-order valence-electron chi connectivity index (χ3n) is 4.53. The molecule has 2 saturated heterocycles. The lowest BCUT2D eigenvalue weighted by Crippen LogP contribution is -2.44. The van der Waals surface area contributed by atoms with Crippen LogP contribution in [-0.2, 0) is 0 Å². The number of anilines is 1. The van der Waals surface area contributed by atoms with Crippen LogP contribution in [0.2, 0.25) is 0 Å². The maximum atomic E-state index is 4.44. The average Bonchev–Trinajstić information content (AvgIpc) is 3.07.